The lowest BCUT2D eigenvalue weighted by Gasteiger charge is -2.21. The Morgan fingerprint density at radius 1 is 0.282 bits per heavy atom. The van der Waals surface area contributed by atoms with Gasteiger partial charge in [0.15, 0.2) is 12.2 Å². The number of aliphatic hydroxyl groups excluding tert-OH is 1. The van der Waals surface area contributed by atoms with Crippen LogP contribution in [0.3, 0.4) is 0 Å². The van der Waals surface area contributed by atoms with Crippen molar-refractivity contribution in [3.8, 4) is 0 Å². The molecular formula is C84H164O17P2. The first-order valence-electron chi connectivity index (χ1n) is 43.5. The number of unbranched alkanes of at least 4 members (excludes halogenated alkanes) is 52. The van der Waals surface area contributed by atoms with Gasteiger partial charge in [0, 0.05) is 25.7 Å². The Morgan fingerprint density at radius 3 is 0.738 bits per heavy atom. The summed E-state index contributed by atoms with van der Waals surface area (Å²) in [6.45, 7) is 9.71. The Bertz CT molecular complexity index is 1980. The Hall–Kier alpha value is -1.94. The maximum Gasteiger partial charge on any atom is 0.472 e. The van der Waals surface area contributed by atoms with Crippen LogP contribution >= 0.6 is 15.6 Å². The molecule has 0 aliphatic rings. The lowest BCUT2D eigenvalue weighted by Crippen LogP contribution is -2.30. The van der Waals surface area contributed by atoms with E-state index in [1.807, 2.05) is 0 Å². The quantitative estimate of drug-likeness (QED) is 0.0222. The van der Waals surface area contributed by atoms with Gasteiger partial charge in [0.25, 0.3) is 0 Å². The van der Waals surface area contributed by atoms with Gasteiger partial charge in [-0.25, -0.2) is 9.13 Å². The number of rotatable bonds is 83. The second-order valence-electron chi connectivity index (χ2n) is 30.9. The Labute approximate surface area is 632 Å². The highest BCUT2D eigenvalue weighted by Gasteiger charge is 2.30. The fraction of sp³-hybridized carbons (Fsp3) is 0.952. The number of carbonyl (C=O) groups is 4. The standard InChI is InChI=1S/C84H164O17P2/c1-7-10-12-14-16-18-19-20-21-24-28-33-38-43-49-55-61-67-82(87)95-73-80(101-84(89)68-62-56-50-44-39-34-29-26-23-22-25-27-32-37-42-47-53-59-65-77(6)9-3)75-99-103(92,93)97-71-78(85)70-96-102(90,91)98-74-79(72-94-81(86)66-60-54-48-17-15-13-11-8-2)100-83(88)69-63-57-51-45-40-35-30-31-36-41-46-52-58-64-76(4)5/h76-80,85H,7-75H2,1-6H3,(H,90,91)(H,92,93)/t77?,78-,79+,80+/m0/s1. The maximum atomic E-state index is 13.1. The molecule has 0 radical (unpaired) electrons. The van der Waals surface area contributed by atoms with E-state index in [0.29, 0.717) is 25.7 Å². The molecule has 0 saturated carbocycles. The van der Waals surface area contributed by atoms with Crippen LogP contribution in [0.15, 0.2) is 0 Å². The van der Waals surface area contributed by atoms with Gasteiger partial charge in [-0.2, -0.15) is 0 Å². The zero-order valence-corrected chi connectivity index (χ0v) is 69.4. The zero-order valence-electron chi connectivity index (χ0n) is 67.6. The van der Waals surface area contributed by atoms with Gasteiger partial charge in [0.2, 0.25) is 0 Å². The molecule has 0 bridgehead atoms. The minimum absolute atomic E-state index is 0.107. The molecule has 0 heterocycles. The van der Waals surface area contributed by atoms with E-state index in [4.69, 9.17) is 37.0 Å². The van der Waals surface area contributed by atoms with Gasteiger partial charge < -0.3 is 33.8 Å². The average molecular weight is 1510 g/mol. The molecule has 3 unspecified atom stereocenters. The molecule has 0 spiro atoms. The Balaban J connectivity index is 5.19. The van der Waals surface area contributed by atoms with Crippen LogP contribution in [0, 0.1) is 11.8 Å². The number of carbonyl (C=O) groups excluding carboxylic acids is 4. The number of hydrogen-bond acceptors (Lipinski definition) is 15. The molecule has 17 nitrogen and oxygen atoms in total. The minimum atomic E-state index is -4.96. The van der Waals surface area contributed by atoms with Gasteiger partial charge in [0.1, 0.15) is 19.3 Å². The highest BCUT2D eigenvalue weighted by molar-refractivity contribution is 7.47. The molecule has 0 saturated heterocycles. The van der Waals surface area contributed by atoms with Gasteiger partial charge >= 0.3 is 39.5 Å². The van der Waals surface area contributed by atoms with Crippen molar-refractivity contribution >= 4 is 39.5 Å². The molecular weight excluding hydrogens is 1340 g/mol. The molecule has 6 atom stereocenters. The molecule has 103 heavy (non-hydrogen) atoms. The van der Waals surface area contributed by atoms with Crippen molar-refractivity contribution in [1.29, 1.82) is 0 Å². The van der Waals surface area contributed by atoms with Crippen LogP contribution in [0.4, 0.5) is 0 Å². The number of aliphatic hydroxyl groups is 1. The third-order valence-corrected chi connectivity index (χ3v) is 22.0. The third kappa shape index (κ3) is 76.6. The van der Waals surface area contributed by atoms with Crippen LogP contribution < -0.4 is 0 Å². The molecule has 0 rings (SSSR count). The lowest BCUT2D eigenvalue weighted by atomic mass is 9.99. The third-order valence-electron chi connectivity index (χ3n) is 20.1. The van der Waals surface area contributed by atoms with Crippen LogP contribution in [0.5, 0.6) is 0 Å². The molecule has 0 aliphatic heterocycles. The first-order chi connectivity index (χ1) is 49.9. The summed E-state index contributed by atoms with van der Waals surface area (Å²) in [5, 5.41) is 10.6. The Kier molecular flexibility index (Phi) is 74.1. The molecule has 0 amide bonds. The number of phosphoric ester groups is 2. The second-order valence-corrected chi connectivity index (χ2v) is 33.8. The summed E-state index contributed by atoms with van der Waals surface area (Å²) in [6, 6.07) is 0. The number of phosphoric acid groups is 2. The van der Waals surface area contributed by atoms with Gasteiger partial charge in [-0.15, -0.1) is 0 Å². The van der Waals surface area contributed by atoms with Crippen molar-refractivity contribution in [2.24, 2.45) is 11.8 Å². The van der Waals surface area contributed by atoms with Crippen molar-refractivity contribution in [3.63, 3.8) is 0 Å². The van der Waals surface area contributed by atoms with Crippen LogP contribution in [-0.2, 0) is 65.4 Å². The van der Waals surface area contributed by atoms with E-state index in [0.717, 1.165) is 108 Å². The highest BCUT2D eigenvalue weighted by atomic mass is 31.2. The second kappa shape index (κ2) is 75.5. The molecule has 612 valence electrons. The maximum absolute atomic E-state index is 13.1. The predicted molar refractivity (Wildman–Crippen MR) is 423 cm³/mol. The lowest BCUT2D eigenvalue weighted by molar-refractivity contribution is -0.161. The summed E-state index contributed by atoms with van der Waals surface area (Å²) in [5.74, 6) is -0.449. The fourth-order valence-electron chi connectivity index (χ4n) is 13.0. The van der Waals surface area contributed by atoms with Crippen molar-refractivity contribution < 1.29 is 80.2 Å². The van der Waals surface area contributed by atoms with E-state index in [9.17, 15) is 43.2 Å². The van der Waals surface area contributed by atoms with Gasteiger partial charge in [0.05, 0.1) is 26.4 Å². The number of esters is 4. The van der Waals surface area contributed by atoms with E-state index >= 15 is 0 Å². The number of hydrogen-bond donors (Lipinski definition) is 3. The summed E-state index contributed by atoms with van der Waals surface area (Å²) >= 11 is 0. The van der Waals surface area contributed by atoms with E-state index < -0.39 is 97.5 Å². The van der Waals surface area contributed by atoms with Gasteiger partial charge in [-0.05, 0) is 37.5 Å². The number of ether oxygens (including phenoxy) is 4. The molecule has 3 N–H and O–H groups in total. The van der Waals surface area contributed by atoms with Crippen molar-refractivity contribution in [2.75, 3.05) is 39.6 Å². The summed E-state index contributed by atoms with van der Waals surface area (Å²) in [4.78, 5) is 73.0. The van der Waals surface area contributed by atoms with Gasteiger partial charge in [-0.1, -0.05) is 395 Å². The summed E-state index contributed by atoms with van der Waals surface area (Å²) < 4.78 is 68.7. The van der Waals surface area contributed by atoms with Crippen molar-refractivity contribution in [1.82, 2.24) is 0 Å². The molecule has 19 heteroatoms. The van der Waals surface area contributed by atoms with E-state index in [-0.39, 0.29) is 25.7 Å². The summed E-state index contributed by atoms with van der Waals surface area (Å²) in [7, 11) is -9.92. The first-order valence-corrected chi connectivity index (χ1v) is 46.5. The van der Waals surface area contributed by atoms with Crippen LogP contribution in [0.2, 0.25) is 0 Å². The van der Waals surface area contributed by atoms with E-state index in [1.165, 1.54) is 257 Å². The normalized spacial score (nSPS) is 14.1. The SMILES string of the molecule is CCCCCCCCCCCCCCCCCCCC(=O)OC[C@H](COP(=O)(O)OC[C@@H](O)COP(=O)(O)OC[C@@H](COC(=O)CCCCCCCCCC)OC(=O)CCCCCCCCCCCCCCCC(C)C)OC(=O)CCCCCCCCCCCCCCCCCCCCC(C)CC. The van der Waals surface area contributed by atoms with E-state index in [2.05, 4.69) is 41.5 Å². The largest absolute Gasteiger partial charge is 0.472 e. The molecule has 0 aromatic heterocycles. The minimum Gasteiger partial charge on any atom is -0.462 e. The smallest absolute Gasteiger partial charge is 0.462 e. The highest BCUT2D eigenvalue weighted by Crippen LogP contribution is 2.45. The molecule has 0 aromatic carbocycles. The predicted octanol–water partition coefficient (Wildman–Crippen LogP) is 25.5. The molecule has 0 fully saturated rings. The van der Waals surface area contributed by atoms with Crippen LogP contribution in [0.1, 0.15) is 446 Å². The monoisotopic (exact) mass is 1510 g/mol. The summed E-state index contributed by atoms with van der Waals surface area (Å²) in [6.07, 6.45) is 66.7. The van der Waals surface area contributed by atoms with Crippen molar-refractivity contribution in [2.45, 2.75) is 464 Å². The Morgan fingerprint density at radius 2 is 0.495 bits per heavy atom. The first kappa shape index (κ1) is 101. The average Bonchev–Trinajstić information content (AvgIpc) is 0.952. The van der Waals surface area contributed by atoms with Crippen LogP contribution in [0.25, 0.3) is 0 Å². The fourth-order valence-corrected chi connectivity index (χ4v) is 14.6. The molecule has 0 aromatic rings. The molecule has 0 aliphatic carbocycles. The van der Waals surface area contributed by atoms with Gasteiger partial charge in [-0.3, -0.25) is 37.3 Å². The zero-order chi connectivity index (χ0) is 75.6. The van der Waals surface area contributed by atoms with Crippen molar-refractivity contribution in [3.05, 3.63) is 0 Å². The summed E-state index contributed by atoms with van der Waals surface area (Å²) in [5.41, 5.74) is 0. The van der Waals surface area contributed by atoms with E-state index in [1.54, 1.807) is 0 Å². The van der Waals surface area contributed by atoms with Crippen LogP contribution in [-0.4, -0.2) is 96.7 Å². The topological polar surface area (TPSA) is 237 Å².